The molecule has 0 bridgehead atoms. The minimum atomic E-state index is 0. The topological polar surface area (TPSA) is 48.9 Å². The molecule has 0 aromatic heterocycles. The molecule has 2 N–H and O–H groups in total. The smallest absolute Gasteiger partial charge is 0.191 e. The Bertz CT molecular complexity index is 774. The molecule has 1 saturated heterocycles. The maximum absolute atomic E-state index is 5.62. The first-order valence-electron chi connectivity index (χ1n) is 10.2. The van der Waals surface area contributed by atoms with Crippen LogP contribution in [-0.4, -0.2) is 38.7 Å². The third kappa shape index (κ3) is 6.80. The fraction of sp³-hybridized carbons (Fsp3) is 0.435. The van der Waals surface area contributed by atoms with Crippen molar-refractivity contribution in [3.63, 3.8) is 0 Å². The zero-order valence-electron chi connectivity index (χ0n) is 17.6. The van der Waals surface area contributed by atoms with Gasteiger partial charge >= 0.3 is 0 Å². The number of aliphatic imine (C=N–C) groups is 1. The molecule has 0 saturated carbocycles. The lowest BCUT2D eigenvalue weighted by atomic mass is 10.0. The number of aryl methyl sites for hydroxylation is 1. The summed E-state index contributed by atoms with van der Waals surface area (Å²) in [6, 6.07) is 17.4. The Morgan fingerprint density at radius 3 is 2.48 bits per heavy atom. The molecule has 3 rings (SSSR count). The van der Waals surface area contributed by atoms with Crippen LogP contribution in [0.2, 0.25) is 0 Å². The first-order valence-corrected chi connectivity index (χ1v) is 10.2. The van der Waals surface area contributed by atoms with Gasteiger partial charge in [-0.15, -0.1) is 24.0 Å². The molecule has 0 spiro atoms. The average molecular weight is 508 g/mol. The standard InChI is InChI=1S/C23H32N4O.HI/c1-4-28-22-11-10-19(16-18(22)2)17-25-23(24-3)26-20-12-14-27(15-13-20)21-8-6-5-7-9-21;/h5-11,16,20H,4,12-15,17H2,1-3H3,(H2,24,25,26);1H. The lowest BCUT2D eigenvalue weighted by molar-refractivity contribution is 0.338. The molecule has 0 radical (unpaired) electrons. The fourth-order valence-corrected chi connectivity index (χ4v) is 3.63. The maximum atomic E-state index is 5.62. The molecule has 6 heteroatoms. The van der Waals surface area contributed by atoms with E-state index in [9.17, 15) is 0 Å². The zero-order chi connectivity index (χ0) is 19.8. The summed E-state index contributed by atoms with van der Waals surface area (Å²) in [6.45, 7) is 7.67. The van der Waals surface area contributed by atoms with Crippen molar-refractivity contribution in [2.24, 2.45) is 4.99 Å². The van der Waals surface area contributed by atoms with E-state index in [1.165, 1.54) is 11.3 Å². The van der Waals surface area contributed by atoms with Crippen molar-refractivity contribution in [2.75, 3.05) is 31.6 Å². The van der Waals surface area contributed by atoms with Gasteiger partial charge in [0.05, 0.1) is 6.61 Å². The number of rotatable bonds is 6. The monoisotopic (exact) mass is 508 g/mol. The lowest BCUT2D eigenvalue weighted by Gasteiger charge is -2.34. The Morgan fingerprint density at radius 1 is 1.14 bits per heavy atom. The van der Waals surface area contributed by atoms with Crippen molar-refractivity contribution >= 4 is 35.6 Å². The van der Waals surface area contributed by atoms with E-state index >= 15 is 0 Å². The normalized spacial score (nSPS) is 14.9. The number of hydrogen-bond donors (Lipinski definition) is 2. The van der Waals surface area contributed by atoms with Gasteiger partial charge in [0.1, 0.15) is 5.75 Å². The third-order valence-corrected chi connectivity index (χ3v) is 5.18. The second kappa shape index (κ2) is 11.9. The first kappa shape index (κ1) is 23.3. The summed E-state index contributed by atoms with van der Waals surface area (Å²) in [5, 5.41) is 7.02. The van der Waals surface area contributed by atoms with Crippen molar-refractivity contribution in [1.82, 2.24) is 10.6 Å². The molecule has 158 valence electrons. The summed E-state index contributed by atoms with van der Waals surface area (Å²) >= 11 is 0. The zero-order valence-corrected chi connectivity index (χ0v) is 20.0. The predicted octanol–water partition coefficient (Wildman–Crippen LogP) is 4.35. The molecule has 0 atom stereocenters. The molecule has 0 unspecified atom stereocenters. The summed E-state index contributed by atoms with van der Waals surface area (Å²) in [6.07, 6.45) is 2.22. The van der Waals surface area contributed by atoms with Crippen molar-refractivity contribution in [1.29, 1.82) is 0 Å². The van der Waals surface area contributed by atoms with E-state index in [0.29, 0.717) is 12.6 Å². The molecule has 1 fully saturated rings. The molecule has 29 heavy (non-hydrogen) atoms. The molecule has 1 aliphatic heterocycles. The molecule has 2 aromatic rings. The van der Waals surface area contributed by atoms with Gasteiger partial charge in [-0.25, -0.2) is 0 Å². The van der Waals surface area contributed by atoms with Gasteiger partial charge in [-0.1, -0.05) is 30.3 Å². The number of anilines is 1. The van der Waals surface area contributed by atoms with Gasteiger partial charge in [0.15, 0.2) is 5.96 Å². The number of ether oxygens (including phenoxy) is 1. The van der Waals surface area contributed by atoms with Crippen LogP contribution in [0.3, 0.4) is 0 Å². The van der Waals surface area contributed by atoms with Gasteiger partial charge in [-0.05, 0) is 56.0 Å². The molecule has 1 heterocycles. The minimum Gasteiger partial charge on any atom is -0.494 e. The summed E-state index contributed by atoms with van der Waals surface area (Å²) in [7, 11) is 1.83. The molecule has 2 aromatic carbocycles. The minimum absolute atomic E-state index is 0. The van der Waals surface area contributed by atoms with Crippen LogP contribution >= 0.6 is 24.0 Å². The van der Waals surface area contributed by atoms with E-state index in [0.717, 1.165) is 49.7 Å². The van der Waals surface area contributed by atoms with E-state index < -0.39 is 0 Å². The predicted molar refractivity (Wildman–Crippen MR) is 133 cm³/mol. The quantitative estimate of drug-likeness (QED) is 0.346. The van der Waals surface area contributed by atoms with Gasteiger partial charge < -0.3 is 20.3 Å². The van der Waals surface area contributed by atoms with Crippen LogP contribution in [-0.2, 0) is 6.54 Å². The Labute approximate surface area is 192 Å². The molecule has 0 amide bonds. The van der Waals surface area contributed by atoms with Gasteiger partial charge in [0.25, 0.3) is 0 Å². The number of benzene rings is 2. The first-order chi connectivity index (χ1) is 13.7. The number of para-hydroxylation sites is 1. The second-order valence-electron chi connectivity index (χ2n) is 7.20. The number of nitrogens with zero attached hydrogens (tertiary/aromatic N) is 2. The fourth-order valence-electron chi connectivity index (χ4n) is 3.63. The van der Waals surface area contributed by atoms with Crippen molar-refractivity contribution in [3.8, 4) is 5.75 Å². The summed E-state index contributed by atoms with van der Waals surface area (Å²) in [5.74, 6) is 1.82. The number of guanidine groups is 1. The van der Waals surface area contributed by atoms with Gasteiger partial charge in [-0.2, -0.15) is 0 Å². The lowest BCUT2D eigenvalue weighted by Crippen LogP contribution is -2.48. The van der Waals surface area contributed by atoms with Crippen molar-refractivity contribution in [3.05, 3.63) is 59.7 Å². The van der Waals surface area contributed by atoms with Crippen LogP contribution in [0, 0.1) is 6.92 Å². The molecular weight excluding hydrogens is 475 g/mol. The highest BCUT2D eigenvalue weighted by Gasteiger charge is 2.20. The number of piperidine rings is 1. The molecule has 1 aliphatic rings. The Hall–Kier alpha value is -1.96. The van der Waals surface area contributed by atoms with Crippen molar-refractivity contribution < 1.29 is 4.74 Å². The number of halogens is 1. The molecule has 0 aliphatic carbocycles. The van der Waals surface area contributed by atoms with Gasteiger partial charge in [-0.3, -0.25) is 4.99 Å². The number of hydrogen-bond acceptors (Lipinski definition) is 3. The van der Waals surface area contributed by atoms with Crippen LogP contribution in [0.1, 0.15) is 30.9 Å². The molecule has 5 nitrogen and oxygen atoms in total. The van der Waals surface area contributed by atoms with E-state index in [1.807, 2.05) is 20.0 Å². The van der Waals surface area contributed by atoms with E-state index in [1.54, 1.807) is 0 Å². The maximum Gasteiger partial charge on any atom is 0.191 e. The van der Waals surface area contributed by atoms with Crippen LogP contribution in [0.15, 0.2) is 53.5 Å². The molecular formula is C23H33IN4O. The van der Waals surface area contributed by atoms with Gasteiger partial charge in [0, 0.05) is 38.4 Å². The average Bonchev–Trinajstić information content (AvgIpc) is 2.74. The second-order valence-corrected chi connectivity index (χ2v) is 7.20. The van der Waals surface area contributed by atoms with Crippen LogP contribution < -0.4 is 20.3 Å². The largest absolute Gasteiger partial charge is 0.494 e. The Morgan fingerprint density at radius 2 is 1.86 bits per heavy atom. The van der Waals surface area contributed by atoms with Crippen LogP contribution in [0.5, 0.6) is 5.75 Å². The van der Waals surface area contributed by atoms with Gasteiger partial charge in [0.2, 0.25) is 0 Å². The van der Waals surface area contributed by atoms with Crippen LogP contribution in [0.25, 0.3) is 0 Å². The highest BCUT2D eigenvalue weighted by Crippen LogP contribution is 2.20. The highest BCUT2D eigenvalue weighted by molar-refractivity contribution is 14.0. The third-order valence-electron chi connectivity index (χ3n) is 5.18. The summed E-state index contributed by atoms with van der Waals surface area (Å²) in [4.78, 5) is 6.86. The van der Waals surface area contributed by atoms with E-state index in [2.05, 4.69) is 69.9 Å². The SMILES string of the molecule is CCOc1ccc(CNC(=NC)NC2CCN(c3ccccc3)CC2)cc1C.I. The summed E-state index contributed by atoms with van der Waals surface area (Å²) < 4.78 is 5.62. The number of nitrogens with one attached hydrogen (secondary N) is 2. The van der Waals surface area contributed by atoms with E-state index in [-0.39, 0.29) is 24.0 Å². The van der Waals surface area contributed by atoms with E-state index in [4.69, 9.17) is 4.74 Å². The Balaban J connectivity index is 0.00000300. The van der Waals surface area contributed by atoms with Crippen LogP contribution in [0.4, 0.5) is 5.69 Å². The van der Waals surface area contributed by atoms with Crippen molar-refractivity contribution in [2.45, 2.75) is 39.3 Å². The Kier molecular flexibility index (Phi) is 9.57. The summed E-state index contributed by atoms with van der Waals surface area (Å²) in [5.41, 5.74) is 3.70. The highest BCUT2D eigenvalue weighted by atomic mass is 127.